The van der Waals surface area contributed by atoms with Crippen molar-refractivity contribution in [3.05, 3.63) is 35.9 Å². The Hall–Kier alpha value is -2.08. The van der Waals surface area contributed by atoms with Crippen LogP contribution in [0.4, 0.5) is 4.79 Å². The lowest BCUT2D eigenvalue weighted by atomic mass is 10.2. The number of unbranched alkanes of at least 4 members (excludes halogenated alkanes) is 2. The standard InChI is InChI=1S/C15H23N3O3/c1-3-4-6-11-14(19)21-17-18(2)15(20)16-12-13-9-7-5-8-10-13/h5,7-10,17H,3-4,6,11-12H2,1-2H3,(H,16,20). The molecule has 1 rings (SSSR count). The van der Waals surface area contributed by atoms with Gasteiger partial charge in [-0.1, -0.05) is 55.7 Å². The molecule has 0 saturated carbocycles. The molecule has 1 aromatic carbocycles. The van der Waals surface area contributed by atoms with Crippen LogP contribution in [0.2, 0.25) is 0 Å². The molecular weight excluding hydrogens is 270 g/mol. The van der Waals surface area contributed by atoms with Crippen molar-refractivity contribution in [2.24, 2.45) is 0 Å². The van der Waals surface area contributed by atoms with Gasteiger partial charge in [0.2, 0.25) is 0 Å². The summed E-state index contributed by atoms with van der Waals surface area (Å²) in [6.07, 6.45) is 3.17. The topological polar surface area (TPSA) is 70.7 Å². The summed E-state index contributed by atoms with van der Waals surface area (Å²) in [6.45, 7) is 2.48. The van der Waals surface area contributed by atoms with Crippen molar-refractivity contribution in [1.29, 1.82) is 0 Å². The van der Waals surface area contributed by atoms with Gasteiger partial charge in [-0.15, -0.1) is 0 Å². The summed E-state index contributed by atoms with van der Waals surface area (Å²) in [5.41, 5.74) is 3.31. The second-order valence-electron chi connectivity index (χ2n) is 4.73. The Morgan fingerprint density at radius 1 is 1.19 bits per heavy atom. The van der Waals surface area contributed by atoms with Gasteiger partial charge in [-0.3, -0.25) is 4.79 Å². The van der Waals surface area contributed by atoms with E-state index in [0.29, 0.717) is 13.0 Å². The number of carbonyl (C=O) groups excluding carboxylic acids is 2. The Labute approximate surface area is 125 Å². The van der Waals surface area contributed by atoms with E-state index in [4.69, 9.17) is 4.84 Å². The molecule has 0 saturated heterocycles. The first kappa shape index (κ1) is 17.0. The summed E-state index contributed by atoms with van der Waals surface area (Å²) >= 11 is 0. The zero-order chi connectivity index (χ0) is 15.5. The molecular formula is C15H23N3O3. The maximum atomic E-state index is 11.8. The molecule has 1 aromatic rings. The molecule has 6 nitrogen and oxygen atoms in total. The lowest BCUT2D eigenvalue weighted by molar-refractivity contribution is -0.160. The zero-order valence-corrected chi connectivity index (χ0v) is 12.6. The van der Waals surface area contributed by atoms with E-state index in [2.05, 4.69) is 17.8 Å². The minimum absolute atomic E-state index is 0.348. The smallest absolute Gasteiger partial charge is 0.334 e. The predicted octanol–water partition coefficient (Wildman–Crippen LogP) is 2.37. The largest absolute Gasteiger partial charge is 0.351 e. The Morgan fingerprint density at radius 3 is 2.57 bits per heavy atom. The maximum absolute atomic E-state index is 11.8. The minimum Gasteiger partial charge on any atom is -0.351 e. The lowest BCUT2D eigenvalue weighted by Crippen LogP contribution is -2.46. The molecule has 0 aliphatic carbocycles. The first-order chi connectivity index (χ1) is 10.1. The van der Waals surface area contributed by atoms with Crippen LogP contribution in [-0.2, 0) is 16.2 Å². The quantitative estimate of drug-likeness (QED) is 0.570. The van der Waals surface area contributed by atoms with E-state index in [1.54, 1.807) is 0 Å². The Balaban J connectivity index is 2.20. The maximum Gasteiger partial charge on any atom is 0.334 e. The summed E-state index contributed by atoms with van der Waals surface area (Å²) in [7, 11) is 1.49. The van der Waals surface area contributed by atoms with E-state index in [-0.39, 0.29) is 12.0 Å². The molecule has 116 valence electrons. The van der Waals surface area contributed by atoms with Crippen LogP contribution in [0.3, 0.4) is 0 Å². The predicted molar refractivity (Wildman–Crippen MR) is 79.8 cm³/mol. The fraction of sp³-hybridized carbons (Fsp3) is 0.467. The fourth-order valence-electron chi connectivity index (χ4n) is 1.62. The van der Waals surface area contributed by atoms with Gasteiger partial charge in [-0.25, -0.2) is 9.80 Å². The Morgan fingerprint density at radius 2 is 1.90 bits per heavy atom. The second kappa shape index (κ2) is 9.77. The highest BCUT2D eigenvalue weighted by atomic mass is 16.7. The second-order valence-corrected chi connectivity index (χ2v) is 4.73. The molecule has 6 heteroatoms. The molecule has 0 fully saturated rings. The highest BCUT2D eigenvalue weighted by Gasteiger charge is 2.10. The molecule has 0 heterocycles. The van der Waals surface area contributed by atoms with Crippen molar-refractivity contribution in [3.8, 4) is 0 Å². The third-order valence-corrected chi connectivity index (χ3v) is 2.87. The minimum atomic E-state index is -0.375. The Kier molecular flexibility index (Phi) is 7.89. The molecule has 0 atom stereocenters. The number of nitrogens with zero attached hydrogens (tertiary/aromatic N) is 1. The SMILES string of the molecule is CCCCCC(=O)ONN(C)C(=O)NCc1ccccc1. The molecule has 0 bridgehead atoms. The third kappa shape index (κ3) is 7.31. The zero-order valence-electron chi connectivity index (χ0n) is 12.6. The lowest BCUT2D eigenvalue weighted by Gasteiger charge is -2.18. The summed E-state index contributed by atoms with van der Waals surface area (Å²) in [6, 6.07) is 9.18. The summed E-state index contributed by atoms with van der Waals surface area (Å²) in [5.74, 6) is -0.369. The van der Waals surface area contributed by atoms with Crippen molar-refractivity contribution in [2.75, 3.05) is 7.05 Å². The average Bonchev–Trinajstić information content (AvgIpc) is 2.51. The number of benzene rings is 1. The van der Waals surface area contributed by atoms with E-state index in [9.17, 15) is 9.59 Å². The van der Waals surface area contributed by atoms with Crippen molar-refractivity contribution >= 4 is 12.0 Å². The van der Waals surface area contributed by atoms with Gasteiger partial charge in [0, 0.05) is 20.0 Å². The van der Waals surface area contributed by atoms with Gasteiger partial charge in [0.15, 0.2) is 0 Å². The van der Waals surface area contributed by atoms with Crippen LogP contribution in [0.25, 0.3) is 0 Å². The van der Waals surface area contributed by atoms with Crippen molar-refractivity contribution in [1.82, 2.24) is 15.9 Å². The van der Waals surface area contributed by atoms with Crippen molar-refractivity contribution in [3.63, 3.8) is 0 Å². The molecule has 0 aromatic heterocycles. The molecule has 0 spiro atoms. The van der Waals surface area contributed by atoms with Gasteiger partial charge in [0.1, 0.15) is 0 Å². The van der Waals surface area contributed by atoms with Gasteiger partial charge >= 0.3 is 12.0 Å². The summed E-state index contributed by atoms with van der Waals surface area (Å²) in [5, 5.41) is 3.81. The molecule has 21 heavy (non-hydrogen) atoms. The number of carbonyl (C=O) groups is 2. The number of urea groups is 1. The van der Waals surface area contributed by atoms with Gasteiger partial charge in [-0.05, 0) is 12.0 Å². The van der Waals surface area contributed by atoms with E-state index in [1.807, 2.05) is 30.3 Å². The van der Waals surface area contributed by atoms with E-state index < -0.39 is 0 Å². The van der Waals surface area contributed by atoms with E-state index in [1.165, 1.54) is 7.05 Å². The van der Waals surface area contributed by atoms with Crippen LogP contribution in [-0.4, -0.2) is 24.1 Å². The van der Waals surface area contributed by atoms with Gasteiger partial charge < -0.3 is 10.2 Å². The van der Waals surface area contributed by atoms with Gasteiger partial charge in [0.05, 0.1) is 0 Å². The van der Waals surface area contributed by atoms with Gasteiger partial charge in [0.25, 0.3) is 0 Å². The van der Waals surface area contributed by atoms with Crippen LogP contribution >= 0.6 is 0 Å². The first-order valence-corrected chi connectivity index (χ1v) is 7.14. The van der Waals surface area contributed by atoms with Crippen molar-refractivity contribution in [2.45, 2.75) is 39.2 Å². The van der Waals surface area contributed by atoms with Crippen LogP contribution < -0.4 is 10.9 Å². The molecule has 0 unspecified atom stereocenters. The molecule has 0 radical (unpaired) electrons. The number of nitrogens with one attached hydrogen (secondary N) is 2. The van der Waals surface area contributed by atoms with Crippen LogP contribution in [0.15, 0.2) is 30.3 Å². The molecule has 2 amide bonds. The van der Waals surface area contributed by atoms with Gasteiger partial charge in [-0.2, -0.15) is 0 Å². The Bertz CT molecular complexity index is 437. The fourth-order valence-corrected chi connectivity index (χ4v) is 1.62. The third-order valence-electron chi connectivity index (χ3n) is 2.87. The highest BCUT2D eigenvalue weighted by molar-refractivity contribution is 5.73. The number of hydrogen-bond acceptors (Lipinski definition) is 4. The number of hydrazine groups is 1. The first-order valence-electron chi connectivity index (χ1n) is 7.14. The molecule has 0 aliphatic rings. The van der Waals surface area contributed by atoms with E-state index in [0.717, 1.165) is 29.8 Å². The van der Waals surface area contributed by atoms with Crippen LogP contribution in [0.5, 0.6) is 0 Å². The molecule has 0 aliphatic heterocycles. The highest BCUT2D eigenvalue weighted by Crippen LogP contribution is 2.00. The number of rotatable bonds is 8. The normalized spacial score (nSPS) is 10.0. The number of hydrogen-bond donors (Lipinski definition) is 2. The van der Waals surface area contributed by atoms with Crippen LogP contribution in [0, 0.1) is 0 Å². The monoisotopic (exact) mass is 293 g/mol. The van der Waals surface area contributed by atoms with Crippen molar-refractivity contribution < 1.29 is 14.4 Å². The number of amides is 2. The van der Waals surface area contributed by atoms with Crippen LogP contribution in [0.1, 0.15) is 38.2 Å². The summed E-state index contributed by atoms with van der Waals surface area (Å²) < 4.78 is 0. The summed E-state index contributed by atoms with van der Waals surface area (Å²) in [4.78, 5) is 27.9. The molecule has 2 N–H and O–H groups in total. The average molecular weight is 293 g/mol. The van der Waals surface area contributed by atoms with E-state index >= 15 is 0 Å².